The van der Waals surface area contributed by atoms with Crippen molar-refractivity contribution in [2.45, 2.75) is 30.6 Å². The van der Waals surface area contributed by atoms with Crippen molar-refractivity contribution < 1.29 is 42.8 Å². The fourth-order valence-electron chi connectivity index (χ4n) is 5.72. The number of alkyl halides is 1. The summed E-state index contributed by atoms with van der Waals surface area (Å²) in [5.74, 6) is -2.63. The SMILES string of the molecule is O=C1NC(=O)c2c1c1c3cc(F)ccc3sc1c1c2c2cc(F)ccc2n1C1OC(CF)C(O)C(O)C1O. The molecule has 194 valence electrons. The van der Waals surface area contributed by atoms with Crippen molar-refractivity contribution in [1.82, 2.24) is 9.88 Å². The van der Waals surface area contributed by atoms with Crippen molar-refractivity contribution in [3.63, 3.8) is 0 Å². The molecule has 5 atom stereocenters. The number of hydrogen-bond acceptors (Lipinski definition) is 7. The molecular formula is C26H17F3N2O6S. The molecule has 4 heterocycles. The van der Waals surface area contributed by atoms with Gasteiger partial charge in [0.25, 0.3) is 11.8 Å². The molecule has 0 aliphatic carbocycles. The zero-order valence-electron chi connectivity index (χ0n) is 19.1. The van der Waals surface area contributed by atoms with Crippen LogP contribution < -0.4 is 5.32 Å². The van der Waals surface area contributed by atoms with Gasteiger partial charge in [0, 0.05) is 26.2 Å². The molecule has 2 amide bonds. The molecule has 1 saturated heterocycles. The summed E-state index contributed by atoms with van der Waals surface area (Å²) in [5.41, 5.74) is 0.469. The van der Waals surface area contributed by atoms with Gasteiger partial charge in [0.05, 0.1) is 26.9 Å². The molecule has 7 rings (SSSR count). The molecule has 8 nitrogen and oxygen atoms in total. The Balaban J connectivity index is 1.72. The van der Waals surface area contributed by atoms with Gasteiger partial charge in [-0.2, -0.15) is 0 Å². The molecule has 0 radical (unpaired) electrons. The Hall–Kier alpha value is -3.55. The van der Waals surface area contributed by atoms with Crippen molar-refractivity contribution in [2.24, 2.45) is 0 Å². The highest BCUT2D eigenvalue weighted by atomic mass is 32.1. The molecule has 12 heteroatoms. The number of aromatic nitrogens is 1. The van der Waals surface area contributed by atoms with Gasteiger partial charge in [0.2, 0.25) is 0 Å². The third-order valence-corrected chi connectivity index (χ3v) is 8.53. The number of rotatable bonds is 2. The number of fused-ring (bicyclic) bond motifs is 10. The number of aliphatic hydroxyl groups is 3. The summed E-state index contributed by atoms with van der Waals surface area (Å²) in [4.78, 5) is 26.1. The van der Waals surface area contributed by atoms with Crippen molar-refractivity contribution in [3.8, 4) is 0 Å². The summed E-state index contributed by atoms with van der Waals surface area (Å²) in [6.45, 7) is -1.17. The van der Waals surface area contributed by atoms with E-state index in [-0.39, 0.29) is 38.3 Å². The Labute approximate surface area is 214 Å². The topological polar surface area (TPSA) is 121 Å². The number of nitrogens with zero attached hydrogens (tertiary/aromatic N) is 1. The zero-order chi connectivity index (χ0) is 26.6. The fraction of sp³-hybridized carbons (Fsp3) is 0.231. The smallest absolute Gasteiger partial charge is 0.259 e. The number of nitrogens with one attached hydrogen (secondary N) is 1. The molecular weight excluding hydrogens is 525 g/mol. The average molecular weight is 542 g/mol. The van der Waals surface area contributed by atoms with E-state index in [0.29, 0.717) is 14.8 Å². The van der Waals surface area contributed by atoms with Crippen LogP contribution in [0.4, 0.5) is 13.2 Å². The molecule has 0 spiro atoms. The van der Waals surface area contributed by atoms with Crippen molar-refractivity contribution >= 4 is 65.1 Å². The number of hydrogen-bond donors (Lipinski definition) is 4. The van der Waals surface area contributed by atoms with E-state index in [1.54, 1.807) is 0 Å². The number of benzene rings is 3. The van der Waals surface area contributed by atoms with Crippen molar-refractivity contribution in [2.75, 3.05) is 6.67 Å². The molecule has 0 saturated carbocycles. The quantitative estimate of drug-likeness (QED) is 0.254. The first-order valence-electron chi connectivity index (χ1n) is 11.6. The van der Waals surface area contributed by atoms with E-state index in [0.717, 1.165) is 12.1 Å². The number of ether oxygens (including phenoxy) is 1. The van der Waals surface area contributed by atoms with Gasteiger partial charge in [-0.1, -0.05) is 0 Å². The van der Waals surface area contributed by atoms with E-state index in [2.05, 4.69) is 5.32 Å². The van der Waals surface area contributed by atoms with E-state index >= 15 is 0 Å². The molecule has 2 aromatic heterocycles. The summed E-state index contributed by atoms with van der Waals surface area (Å²) in [6.07, 6.45) is -8.20. The van der Waals surface area contributed by atoms with E-state index in [1.165, 1.54) is 40.2 Å². The summed E-state index contributed by atoms with van der Waals surface area (Å²) < 4.78 is 50.8. The maximum absolute atomic E-state index is 14.6. The van der Waals surface area contributed by atoms with Crippen LogP contribution in [0.15, 0.2) is 36.4 Å². The Morgan fingerprint density at radius 1 is 0.895 bits per heavy atom. The van der Waals surface area contributed by atoms with Crippen LogP contribution in [0, 0.1) is 11.6 Å². The highest BCUT2D eigenvalue weighted by molar-refractivity contribution is 7.26. The molecule has 38 heavy (non-hydrogen) atoms. The van der Waals surface area contributed by atoms with E-state index in [4.69, 9.17) is 4.74 Å². The lowest BCUT2D eigenvalue weighted by molar-refractivity contribution is -0.245. The maximum atomic E-state index is 14.6. The zero-order valence-corrected chi connectivity index (χ0v) is 19.9. The van der Waals surface area contributed by atoms with Gasteiger partial charge in [-0.15, -0.1) is 11.3 Å². The number of imide groups is 1. The highest BCUT2D eigenvalue weighted by Crippen LogP contribution is 2.49. The van der Waals surface area contributed by atoms with Crippen LogP contribution in [0.25, 0.3) is 42.0 Å². The third-order valence-electron chi connectivity index (χ3n) is 7.36. The van der Waals surface area contributed by atoms with Crippen LogP contribution >= 0.6 is 11.3 Å². The van der Waals surface area contributed by atoms with E-state index < -0.39 is 60.8 Å². The summed E-state index contributed by atoms with van der Waals surface area (Å²) >= 11 is 1.18. The van der Waals surface area contributed by atoms with Crippen LogP contribution in [0.3, 0.4) is 0 Å². The second kappa shape index (κ2) is 7.98. The van der Waals surface area contributed by atoms with Crippen LogP contribution in [0.2, 0.25) is 0 Å². The maximum Gasteiger partial charge on any atom is 0.259 e. The third kappa shape index (κ3) is 2.94. The highest BCUT2D eigenvalue weighted by Gasteiger charge is 2.46. The minimum Gasteiger partial charge on any atom is -0.387 e. The first-order valence-corrected chi connectivity index (χ1v) is 12.4. The second-order valence-corrected chi connectivity index (χ2v) is 10.5. The van der Waals surface area contributed by atoms with Crippen LogP contribution in [0.5, 0.6) is 0 Å². The van der Waals surface area contributed by atoms with E-state index in [9.17, 15) is 38.1 Å². The Morgan fingerprint density at radius 2 is 1.55 bits per heavy atom. The number of halogens is 3. The standard InChI is InChI=1S/C26H17F3N2O6S/c27-7-13-20(32)21(33)22(34)26(37-13)31-12-3-1-8(28)5-10(12)15-17-18(25(36)30-24(17)35)16-11-6-9(29)2-4-14(11)38-23(16)19(15)31/h1-6,13,20-22,26,32-34H,7H2,(H,30,35,36). The average Bonchev–Trinajstić information content (AvgIpc) is 3.51. The van der Waals surface area contributed by atoms with Crippen LogP contribution in [-0.2, 0) is 4.74 Å². The van der Waals surface area contributed by atoms with Crippen LogP contribution in [0.1, 0.15) is 26.9 Å². The summed E-state index contributed by atoms with van der Waals surface area (Å²) in [5, 5.41) is 35.0. The molecule has 5 unspecified atom stereocenters. The molecule has 3 aromatic carbocycles. The monoisotopic (exact) mass is 542 g/mol. The lowest BCUT2D eigenvalue weighted by atomic mass is 9.96. The van der Waals surface area contributed by atoms with Gasteiger partial charge < -0.3 is 24.6 Å². The second-order valence-electron chi connectivity index (χ2n) is 9.43. The number of amides is 2. The summed E-state index contributed by atoms with van der Waals surface area (Å²) in [7, 11) is 0. The first kappa shape index (κ1) is 23.6. The minimum atomic E-state index is -1.78. The number of carbonyl (C=O) groups is 2. The van der Waals surface area contributed by atoms with Crippen LogP contribution in [-0.4, -0.2) is 62.8 Å². The Kier molecular flexibility index (Phi) is 4.95. The molecule has 5 aromatic rings. The summed E-state index contributed by atoms with van der Waals surface area (Å²) in [6, 6.07) is 7.71. The van der Waals surface area contributed by atoms with Gasteiger partial charge in [-0.3, -0.25) is 14.9 Å². The van der Waals surface area contributed by atoms with Gasteiger partial charge in [-0.25, -0.2) is 13.2 Å². The van der Waals surface area contributed by atoms with Crippen molar-refractivity contribution in [1.29, 1.82) is 0 Å². The largest absolute Gasteiger partial charge is 0.387 e. The Morgan fingerprint density at radius 3 is 2.26 bits per heavy atom. The molecule has 0 bridgehead atoms. The Bertz CT molecular complexity index is 1860. The fourth-order valence-corrected chi connectivity index (χ4v) is 6.95. The van der Waals surface area contributed by atoms with Gasteiger partial charge in [-0.05, 0) is 36.4 Å². The predicted octanol–water partition coefficient (Wildman–Crippen LogP) is 3.27. The molecule has 2 aliphatic rings. The normalized spacial score (nSPS) is 25.7. The van der Waals surface area contributed by atoms with Gasteiger partial charge >= 0.3 is 0 Å². The lowest BCUT2D eigenvalue weighted by Crippen LogP contribution is -2.56. The minimum absolute atomic E-state index is 0.0138. The molecule has 4 N–H and O–H groups in total. The lowest BCUT2D eigenvalue weighted by Gasteiger charge is -2.40. The van der Waals surface area contributed by atoms with E-state index in [1.807, 2.05) is 0 Å². The number of thiophene rings is 1. The van der Waals surface area contributed by atoms with Crippen molar-refractivity contribution in [3.05, 3.63) is 59.2 Å². The molecule has 1 fully saturated rings. The van der Waals surface area contributed by atoms with Gasteiger partial charge in [0.15, 0.2) is 6.23 Å². The predicted molar refractivity (Wildman–Crippen MR) is 132 cm³/mol. The number of aliphatic hydroxyl groups excluding tert-OH is 3. The molecule has 2 aliphatic heterocycles. The first-order chi connectivity index (χ1) is 18.2. The number of carbonyl (C=O) groups excluding carboxylic acids is 2. The van der Waals surface area contributed by atoms with Gasteiger partial charge in [0.1, 0.15) is 42.7 Å².